The van der Waals surface area contributed by atoms with Crippen LogP contribution in [0.4, 0.5) is 0 Å². The van der Waals surface area contributed by atoms with E-state index in [0.717, 1.165) is 25.6 Å². The van der Waals surface area contributed by atoms with Crippen LogP contribution < -0.4 is 11.1 Å². The molecule has 1 saturated carbocycles. The van der Waals surface area contributed by atoms with E-state index in [-0.39, 0.29) is 5.54 Å². The van der Waals surface area contributed by atoms with Crippen molar-refractivity contribution >= 4 is 5.96 Å². The second-order valence-corrected chi connectivity index (χ2v) is 5.23. The molecule has 0 radical (unpaired) electrons. The zero-order valence-electron chi connectivity index (χ0n) is 9.37. The molecular weight excluding hydrogens is 188 g/mol. The summed E-state index contributed by atoms with van der Waals surface area (Å²) in [5, 5.41) is 3.46. The molecule has 1 aliphatic carbocycles. The fourth-order valence-corrected chi connectivity index (χ4v) is 3.13. The van der Waals surface area contributed by atoms with Gasteiger partial charge in [-0.25, -0.2) is 0 Å². The summed E-state index contributed by atoms with van der Waals surface area (Å²) < 4.78 is 0. The van der Waals surface area contributed by atoms with Crippen molar-refractivity contribution in [3.63, 3.8) is 0 Å². The standard InChI is InChI=1S/C11H20N4/c1-8-6-13-5-4-11(8)7-14-10(12)15(11)9-2-3-9/h8-9,13H,2-7H2,1H3,(H2,12,14). The largest absolute Gasteiger partial charge is 0.370 e. The highest BCUT2D eigenvalue weighted by atomic mass is 15.4. The van der Waals surface area contributed by atoms with Crippen molar-refractivity contribution in [1.82, 2.24) is 10.2 Å². The predicted molar refractivity (Wildman–Crippen MR) is 60.7 cm³/mol. The normalized spacial score (nSPS) is 41.0. The summed E-state index contributed by atoms with van der Waals surface area (Å²) >= 11 is 0. The molecule has 15 heavy (non-hydrogen) atoms. The van der Waals surface area contributed by atoms with Gasteiger partial charge in [0.1, 0.15) is 0 Å². The van der Waals surface area contributed by atoms with Gasteiger partial charge in [0, 0.05) is 12.6 Å². The molecular formula is C11H20N4. The first-order valence-corrected chi connectivity index (χ1v) is 6.04. The molecule has 1 spiro atoms. The molecule has 84 valence electrons. The van der Waals surface area contributed by atoms with E-state index >= 15 is 0 Å². The molecule has 3 aliphatic rings. The Balaban J connectivity index is 1.89. The van der Waals surface area contributed by atoms with Gasteiger partial charge in [-0.15, -0.1) is 0 Å². The Hall–Kier alpha value is -0.770. The average molecular weight is 208 g/mol. The monoisotopic (exact) mass is 208 g/mol. The number of piperidine rings is 1. The number of nitrogens with one attached hydrogen (secondary N) is 1. The van der Waals surface area contributed by atoms with E-state index in [2.05, 4.69) is 22.1 Å². The van der Waals surface area contributed by atoms with E-state index in [1.807, 2.05) is 0 Å². The zero-order chi connectivity index (χ0) is 10.5. The molecule has 3 rings (SSSR count). The number of aliphatic imine (C=N–C) groups is 1. The van der Waals surface area contributed by atoms with Gasteiger partial charge < -0.3 is 16.0 Å². The second-order valence-electron chi connectivity index (χ2n) is 5.23. The third-order valence-corrected chi connectivity index (χ3v) is 4.26. The van der Waals surface area contributed by atoms with Crippen molar-refractivity contribution in [1.29, 1.82) is 0 Å². The van der Waals surface area contributed by atoms with E-state index in [4.69, 9.17) is 5.73 Å². The lowest BCUT2D eigenvalue weighted by Crippen LogP contribution is -2.61. The molecule has 2 fully saturated rings. The van der Waals surface area contributed by atoms with Crippen LogP contribution in [0.1, 0.15) is 26.2 Å². The molecule has 0 aromatic rings. The first-order valence-electron chi connectivity index (χ1n) is 6.04. The summed E-state index contributed by atoms with van der Waals surface area (Å²) in [6.07, 6.45) is 3.80. The maximum absolute atomic E-state index is 6.04. The lowest BCUT2D eigenvalue weighted by molar-refractivity contribution is 0.0875. The van der Waals surface area contributed by atoms with Gasteiger partial charge in [-0.05, 0) is 31.7 Å². The summed E-state index contributed by atoms with van der Waals surface area (Å²) in [5.41, 5.74) is 6.29. The fourth-order valence-electron chi connectivity index (χ4n) is 3.13. The molecule has 3 N–H and O–H groups in total. The molecule has 4 nitrogen and oxygen atoms in total. The minimum Gasteiger partial charge on any atom is -0.370 e. The van der Waals surface area contributed by atoms with E-state index in [1.165, 1.54) is 19.3 Å². The van der Waals surface area contributed by atoms with Crippen molar-refractivity contribution in [2.24, 2.45) is 16.6 Å². The molecule has 0 aromatic carbocycles. The second kappa shape index (κ2) is 3.11. The topological polar surface area (TPSA) is 53.6 Å². The lowest BCUT2D eigenvalue weighted by atomic mass is 9.78. The average Bonchev–Trinajstić information content (AvgIpc) is 2.99. The summed E-state index contributed by atoms with van der Waals surface area (Å²) in [6, 6.07) is 0.691. The highest BCUT2D eigenvalue weighted by molar-refractivity contribution is 5.81. The van der Waals surface area contributed by atoms with Crippen LogP contribution in [0, 0.1) is 5.92 Å². The Labute approximate surface area is 90.9 Å². The van der Waals surface area contributed by atoms with E-state index < -0.39 is 0 Å². The van der Waals surface area contributed by atoms with Crippen LogP contribution in [-0.2, 0) is 0 Å². The molecule has 0 bridgehead atoms. The Bertz CT molecular complexity index is 297. The Kier molecular flexibility index (Phi) is 1.96. The minimum atomic E-state index is 0.247. The van der Waals surface area contributed by atoms with Crippen LogP contribution in [0.25, 0.3) is 0 Å². The number of hydrogen-bond donors (Lipinski definition) is 2. The van der Waals surface area contributed by atoms with Crippen molar-refractivity contribution in [3.8, 4) is 0 Å². The van der Waals surface area contributed by atoms with E-state index in [1.54, 1.807) is 0 Å². The van der Waals surface area contributed by atoms with Gasteiger partial charge in [0.2, 0.25) is 0 Å². The smallest absolute Gasteiger partial charge is 0.192 e. The summed E-state index contributed by atoms with van der Waals surface area (Å²) in [4.78, 5) is 6.94. The van der Waals surface area contributed by atoms with Crippen LogP contribution in [0.15, 0.2) is 4.99 Å². The van der Waals surface area contributed by atoms with Gasteiger partial charge in [0.25, 0.3) is 0 Å². The summed E-state index contributed by atoms with van der Waals surface area (Å²) in [6.45, 7) is 5.45. The summed E-state index contributed by atoms with van der Waals surface area (Å²) in [7, 11) is 0. The minimum absolute atomic E-state index is 0.247. The number of nitrogens with two attached hydrogens (primary N) is 1. The molecule has 2 heterocycles. The van der Waals surface area contributed by atoms with Gasteiger partial charge in [-0.2, -0.15) is 0 Å². The molecule has 4 heteroatoms. The molecule has 0 aromatic heterocycles. The molecule has 2 atom stereocenters. The van der Waals surface area contributed by atoms with Crippen molar-refractivity contribution in [3.05, 3.63) is 0 Å². The maximum Gasteiger partial charge on any atom is 0.192 e. The van der Waals surface area contributed by atoms with Crippen molar-refractivity contribution in [2.45, 2.75) is 37.8 Å². The van der Waals surface area contributed by atoms with Crippen LogP contribution in [0.5, 0.6) is 0 Å². The Morgan fingerprint density at radius 1 is 1.53 bits per heavy atom. The lowest BCUT2D eigenvalue weighted by Gasteiger charge is -2.47. The number of rotatable bonds is 1. The third-order valence-electron chi connectivity index (χ3n) is 4.26. The molecule has 2 unspecified atom stereocenters. The number of guanidine groups is 1. The Morgan fingerprint density at radius 2 is 2.33 bits per heavy atom. The Morgan fingerprint density at radius 3 is 3.00 bits per heavy atom. The number of hydrogen-bond acceptors (Lipinski definition) is 4. The van der Waals surface area contributed by atoms with Gasteiger partial charge in [0.15, 0.2) is 5.96 Å². The predicted octanol–water partition coefficient (Wildman–Crippen LogP) is 0.147. The van der Waals surface area contributed by atoms with Gasteiger partial charge in [-0.3, -0.25) is 4.99 Å². The van der Waals surface area contributed by atoms with Gasteiger partial charge in [0.05, 0.1) is 12.1 Å². The zero-order valence-corrected chi connectivity index (χ0v) is 9.37. The number of nitrogens with zero attached hydrogens (tertiary/aromatic N) is 2. The van der Waals surface area contributed by atoms with Crippen molar-refractivity contribution < 1.29 is 0 Å². The molecule has 0 amide bonds. The quantitative estimate of drug-likeness (QED) is 0.645. The van der Waals surface area contributed by atoms with Crippen LogP contribution >= 0.6 is 0 Å². The highest BCUT2D eigenvalue weighted by Gasteiger charge is 2.52. The first-order chi connectivity index (χ1) is 7.24. The highest BCUT2D eigenvalue weighted by Crippen LogP contribution is 2.42. The van der Waals surface area contributed by atoms with Crippen LogP contribution in [-0.4, -0.2) is 42.1 Å². The fraction of sp³-hybridized carbons (Fsp3) is 0.909. The molecule has 2 aliphatic heterocycles. The van der Waals surface area contributed by atoms with E-state index in [0.29, 0.717) is 12.0 Å². The third kappa shape index (κ3) is 1.27. The van der Waals surface area contributed by atoms with Gasteiger partial charge in [-0.1, -0.05) is 6.92 Å². The van der Waals surface area contributed by atoms with Crippen LogP contribution in [0.3, 0.4) is 0 Å². The SMILES string of the molecule is CC1CNCCC12CN=C(N)N2C1CC1. The van der Waals surface area contributed by atoms with E-state index in [9.17, 15) is 0 Å². The molecule has 1 saturated heterocycles. The maximum atomic E-state index is 6.04. The van der Waals surface area contributed by atoms with Crippen molar-refractivity contribution in [2.75, 3.05) is 19.6 Å². The first kappa shape index (κ1) is 9.46. The van der Waals surface area contributed by atoms with Crippen LogP contribution in [0.2, 0.25) is 0 Å². The summed E-state index contributed by atoms with van der Waals surface area (Å²) in [5.74, 6) is 1.45. The van der Waals surface area contributed by atoms with Gasteiger partial charge >= 0.3 is 0 Å².